The van der Waals surface area contributed by atoms with E-state index in [-0.39, 0.29) is 23.2 Å². The fraction of sp³-hybridized carbons (Fsp3) is 0.552. The molecule has 0 amide bonds. The second-order valence-corrected chi connectivity index (χ2v) is 11.5. The van der Waals surface area contributed by atoms with Crippen molar-refractivity contribution in [1.82, 2.24) is 0 Å². The molecule has 35 heavy (non-hydrogen) atoms. The lowest BCUT2D eigenvalue weighted by Gasteiger charge is -2.20. The molecule has 1 heterocycles. The van der Waals surface area contributed by atoms with Crippen LogP contribution < -0.4 is 4.74 Å². The molecule has 0 saturated heterocycles. The predicted octanol–water partition coefficient (Wildman–Crippen LogP) is 8.65. The largest absolute Gasteiger partial charge is 0.425 e. The Morgan fingerprint density at radius 1 is 1.00 bits per heavy atom. The van der Waals surface area contributed by atoms with Crippen LogP contribution in [0.25, 0.3) is 0 Å². The molecular formula is C29H39NO3S2. The number of carbonyl (C=O) groups excluding carboxylic acids is 2. The number of hydrogen-bond acceptors (Lipinski definition) is 6. The number of unbranched alkanes of at least 4 members (excludes halogenated alkanes) is 2. The molecule has 6 heteroatoms. The van der Waals surface area contributed by atoms with Crippen LogP contribution >= 0.6 is 23.5 Å². The summed E-state index contributed by atoms with van der Waals surface area (Å²) in [6.45, 7) is 14.4. The molecule has 2 unspecified atom stereocenters. The van der Waals surface area contributed by atoms with Crippen LogP contribution in [0.2, 0.25) is 0 Å². The van der Waals surface area contributed by atoms with Crippen molar-refractivity contribution >= 4 is 35.3 Å². The van der Waals surface area contributed by atoms with E-state index >= 15 is 0 Å². The Labute approximate surface area is 220 Å². The molecule has 0 spiro atoms. The molecule has 1 aromatic carbocycles. The van der Waals surface area contributed by atoms with E-state index < -0.39 is 0 Å². The van der Waals surface area contributed by atoms with Gasteiger partial charge >= 0.3 is 5.97 Å². The molecule has 0 aromatic heterocycles. The number of fused-ring (bicyclic) bond motifs is 1. The monoisotopic (exact) mass is 513 g/mol. The molecule has 0 N–H and O–H groups in total. The van der Waals surface area contributed by atoms with E-state index in [1.807, 2.05) is 19.1 Å². The second-order valence-electron chi connectivity index (χ2n) is 9.17. The van der Waals surface area contributed by atoms with Gasteiger partial charge in [0.05, 0.1) is 15.1 Å². The van der Waals surface area contributed by atoms with Crippen molar-refractivity contribution in [2.24, 2.45) is 11.8 Å². The summed E-state index contributed by atoms with van der Waals surface area (Å²) >= 11 is 2.80. The van der Waals surface area contributed by atoms with Crippen LogP contribution in [0, 0.1) is 23.2 Å². The van der Waals surface area contributed by atoms with Crippen LogP contribution in [0.1, 0.15) is 91.5 Å². The maximum absolute atomic E-state index is 12.9. The van der Waals surface area contributed by atoms with E-state index in [1.54, 1.807) is 0 Å². The number of thioether (sulfide) groups is 2. The zero-order valence-electron chi connectivity index (χ0n) is 21.9. The van der Waals surface area contributed by atoms with E-state index in [0.717, 1.165) is 60.3 Å². The second kappa shape index (κ2) is 14.6. The first kappa shape index (κ1) is 29.3. The standard InChI is InChI=1S/C29H39NO3S2/c1-7-11-13-21(9-3)19(5)17-23-15-16-25(33-28(32)22(10-4)14-12-8-2)27-26(23)34-29(35-27)24(18-30)20(6)31/h15-16,21-22H,5,7-14,17H2,1-4,6H3/b29-24-. The molecular weight excluding hydrogens is 474 g/mol. The first-order valence-corrected chi connectivity index (χ1v) is 14.5. The first-order valence-electron chi connectivity index (χ1n) is 12.9. The number of Topliss-reactive ketones (excluding diaryl/α,β-unsaturated/α-hetero) is 1. The van der Waals surface area contributed by atoms with Crippen LogP contribution in [0.5, 0.6) is 5.75 Å². The van der Waals surface area contributed by atoms with Gasteiger partial charge in [-0.1, -0.05) is 95.1 Å². The third-order valence-electron chi connectivity index (χ3n) is 6.55. The molecule has 4 nitrogen and oxygen atoms in total. The molecule has 1 aromatic rings. The average molecular weight is 514 g/mol. The lowest BCUT2D eigenvalue weighted by Crippen LogP contribution is -2.20. The number of benzene rings is 1. The Bertz CT molecular complexity index is 945. The lowest BCUT2D eigenvalue weighted by atomic mass is 9.88. The van der Waals surface area contributed by atoms with E-state index in [4.69, 9.17) is 4.74 Å². The quantitative estimate of drug-likeness (QED) is 0.0815. The molecule has 190 valence electrons. The molecule has 0 saturated carbocycles. The molecule has 1 aliphatic heterocycles. The Morgan fingerprint density at radius 2 is 1.60 bits per heavy atom. The summed E-state index contributed by atoms with van der Waals surface area (Å²) in [5, 5.41) is 9.58. The van der Waals surface area contributed by atoms with Crippen LogP contribution in [-0.2, 0) is 16.0 Å². The number of nitriles is 1. The third-order valence-corrected chi connectivity index (χ3v) is 9.24. The van der Waals surface area contributed by atoms with Crippen molar-refractivity contribution in [3.05, 3.63) is 39.7 Å². The van der Waals surface area contributed by atoms with Gasteiger partial charge in [0.2, 0.25) is 0 Å². The average Bonchev–Trinajstić information content (AvgIpc) is 3.27. The van der Waals surface area contributed by atoms with Crippen LogP contribution in [-0.4, -0.2) is 11.8 Å². The maximum atomic E-state index is 12.9. The fourth-order valence-corrected chi connectivity index (χ4v) is 7.03. The summed E-state index contributed by atoms with van der Waals surface area (Å²) in [5.74, 6) is 0.389. The van der Waals surface area contributed by atoms with E-state index in [0.29, 0.717) is 15.9 Å². The Hall–Kier alpha value is -1.97. The molecule has 2 rings (SSSR count). The smallest absolute Gasteiger partial charge is 0.314 e. The lowest BCUT2D eigenvalue weighted by molar-refractivity contribution is -0.139. The highest BCUT2D eigenvalue weighted by molar-refractivity contribution is 8.24. The molecule has 1 aliphatic rings. The minimum atomic E-state index is -0.254. The number of esters is 1. The maximum Gasteiger partial charge on any atom is 0.314 e. The zero-order chi connectivity index (χ0) is 26.0. The molecule has 0 bridgehead atoms. The van der Waals surface area contributed by atoms with Gasteiger partial charge in [-0.2, -0.15) is 5.26 Å². The molecule has 0 fully saturated rings. The van der Waals surface area contributed by atoms with E-state index in [1.165, 1.54) is 48.9 Å². The Kier molecular flexibility index (Phi) is 12.2. The minimum absolute atomic E-state index is 0.130. The van der Waals surface area contributed by atoms with Crippen LogP contribution in [0.3, 0.4) is 0 Å². The number of carbonyl (C=O) groups is 2. The van der Waals surface area contributed by atoms with Crippen molar-refractivity contribution in [3.63, 3.8) is 0 Å². The van der Waals surface area contributed by atoms with Gasteiger partial charge in [0, 0.05) is 4.90 Å². The topological polar surface area (TPSA) is 67.2 Å². The zero-order valence-corrected chi connectivity index (χ0v) is 23.5. The van der Waals surface area contributed by atoms with Crippen molar-refractivity contribution < 1.29 is 14.3 Å². The van der Waals surface area contributed by atoms with Crippen LogP contribution in [0.4, 0.5) is 0 Å². The van der Waals surface area contributed by atoms with Crippen molar-refractivity contribution in [2.75, 3.05) is 0 Å². The SMILES string of the molecule is C=C(Cc1ccc(OC(=O)C(CC)CCCC)c2c1S/C(=C(\C#N)C(C)=O)S2)C(CC)CCCC. The number of allylic oxidation sites excluding steroid dienone is 2. The number of ether oxygens (including phenoxy) is 1. The number of hydrogen-bond donors (Lipinski definition) is 0. The third kappa shape index (κ3) is 7.75. The van der Waals surface area contributed by atoms with Gasteiger partial charge in [0.25, 0.3) is 0 Å². The number of rotatable bonds is 14. The molecule has 0 radical (unpaired) electrons. The highest BCUT2D eigenvalue weighted by Crippen LogP contribution is 2.57. The van der Waals surface area contributed by atoms with Gasteiger partial charge in [0.15, 0.2) is 5.78 Å². The minimum Gasteiger partial charge on any atom is -0.425 e. The van der Waals surface area contributed by atoms with Gasteiger partial charge in [-0.3, -0.25) is 9.59 Å². The molecule has 2 atom stereocenters. The van der Waals surface area contributed by atoms with Gasteiger partial charge < -0.3 is 4.74 Å². The summed E-state index contributed by atoms with van der Waals surface area (Å²) in [7, 11) is 0. The summed E-state index contributed by atoms with van der Waals surface area (Å²) < 4.78 is 6.58. The summed E-state index contributed by atoms with van der Waals surface area (Å²) in [4.78, 5) is 26.8. The summed E-state index contributed by atoms with van der Waals surface area (Å²) in [6, 6.07) is 5.95. The van der Waals surface area contributed by atoms with E-state index in [9.17, 15) is 14.9 Å². The van der Waals surface area contributed by atoms with Crippen molar-refractivity contribution in [2.45, 2.75) is 102 Å². The number of nitrogens with zero attached hydrogens (tertiary/aromatic N) is 1. The molecule has 0 aliphatic carbocycles. The van der Waals surface area contributed by atoms with Gasteiger partial charge in [-0.15, -0.1) is 0 Å². The fourth-order valence-electron chi connectivity index (χ4n) is 4.26. The predicted molar refractivity (Wildman–Crippen MR) is 147 cm³/mol. The van der Waals surface area contributed by atoms with E-state index in [2.05, 4.69) is 33.4 Å². The van der Waals surface area contributed by atoms with Crippen LogP contribution in [0.15, 0.2) is 43.9 Å². The Morgan fingerprint density at radius 3 is 2.14 bits per heavy atom. The van der Waals surface area contributed by atoms with Gasteiger partial charge in [0.1, 0.15) is 17.4 Å². The highest BCUT2D eigenvalue weighted by atomic mass is 32.2. The number of ketones is 1. The normalized spacial score (nSPS) is 15.7. The van der Waals surface area contributed by atoms with Gasteiger partial charge in [-0.25, -0.2) is 0 Å². The van der Waals surface area contributed by atoms with Crippen molar-refractivity contribution in [3.8, 4) is 11.8 Å². The Balaban J connectivity index is 2.42. The van der Waals surface area contributed by atoms with Gasteiger partial charge in [-0.05, 0) is 56.6 Å². The summed E-state index contributed by atoms with van der Waals surface area (Å²) in [6.07, 6.45) is 8.86. The highest BCUT2D eigenvalue weighted by Gasteiger charge is 2.30. The van der Waals surface area contributed by atoms with Crippen molar-refractivity contribution in [1.29, 1.82) is 5.26 Å². The first-order chi connectivity index (χ1) is 16.8. The summed E-state index contributed by atoms with van der Waals surface area (Å²) in [5.41, 5.74) is 2.46.